The summed E-state index contributed by atoms with van der Waals surface area (Å²) in [6.45, 7) is 3.42. The summed E-state index contributed by atoms with van der Waals surface area (Å²) in [6.07, 6.45) is 5.90. The van der Waals surface area contributed by atoms with Crippen molar-refractivity contribution in [3.8, 4) is 0 Å². The van der Waals surface area contributed by atoms with Crippen LogP contribution in [0.4, 0.5) is 5.69 Å². The summed E-state index contributed by atoms with van der Waals surface area (Å²) < 4.78 is 2.03. The number of ketones is 1. The number of hydrogen-bond donors (Lipinski definition) is 0. The van der Waals surface area contributed by atoms with Crippen molar-refractivity contribution in [3.05, 3.63) is 47.2 Å². The van der Waals surface area contributed by atoms with Crippen molar-refractivity contribution in [1.82, 2.24) is 9.78 Å². The van der Waals surface area contributed by atoms with Gasteiger partial charge in [0.1, 0.15) is 0 Å². The maximum Gasteiger partial charge on any atom is 0.159 e. The molecule has 0 unspecified atom stereocenters. The predicted octanol–water partition coefficient (Wildman–Crippen LogP) is 3.58. The molecule has 21 heavy (non-hydrogen) atoms. The van der Waals surface area contributed by atoms with Gasteiger partial charge in [0, 0.05) is 31.0 Å². The van der Waals surface area contributed by atoms with E-state index in [2.05, 4.69) is 10.00 Å². The van der Waals surface area contributed by atoms with E-state index >= 15 is 0 Å². The highest BCUT2D eigenvalue weighted by Crippen LogP contribution is 2.31. The van der Waals surface area contributed by atoms with Crippen molar-refractivity contribution >= 4 is 23.1 Å². The van der Waals surface area contributed by atoms with Gasteiger partial charge in [-0.05, 0) is 44.0 Å². The Labute approximate surface area is 129 Å². The molecule has 1 aliphatic rings. The van der Waals surface area contributed by atoms with E-state index in [1.807, 2.05) is 35.3 Å². The van der Waals surface area contributed by atoms with Gasteiger partial charge in [0.15, 0.2) is 5.78 Å². The first-order valence-corrected chi connectivity index (χ1v) is 7.57. The summed E-state index contributed by atoms with van der Waals surface area (Å²) in [7, 11) is 0. The van der Waals surface area contributed by atoms with E-state index in [1.54, 1.807) is 13.0 Å². The minimum absolute atomic E-state index is 0.0688. The summed E-state index contributed by atoms with van der Waals surface area (Å²) >= 11 is 6.30. The van der Waals surface area contributed by atoms with Crippen molar-refractivity contribution in [2.24, 2.45) is 0 Å². The average molecular weight is 304 g/mol. The molecule has 2 heterocycles. The highest BCUT2D eigenvalue weighted by Gasteiger charge is 2.22. The van der Waals surface area contributed by atoms with Crippen molar-refractivity contribution in [1.29, 1.82) is 0 Å². The van der Waals surface area contributed by atoms with Gasteiger partial charge in [-0.15, -0.1) is 0 Å². The third-order valence-electron chi connectivity index (χ3n) is 4.06. The molecule has 0 atom stereocenters. The maximum atomic E-state index is 11.5. The number of aromatic nitrogens is 2. The molecule has 0 saturated carbocycles. The summed E-state index contributed by atoms with van der Waals surface area (Å²) in [5.41, 5.74) is 1.67. The molecule has 0 bridgehead atoms. The largest absolute Gasteiger partial charge is 0.370 e. The minimum atomic E-state index is 0.0688. The number of Topliss-reactive ketones (excluding diaryl/α,β-unsaturated/α-hetero) is 1. The van der Waals surface area contributed by atoms with Gasteiger partial charge in [0.2, 0.25) is 0 Å². The fourth-order valence-electron chi connectivity index (χ4n) is 2.84. The average Bonchev–Trinajstić information content (AvgIpc) is 3.02. The number of rotatable bonds is 3. The van der Waals surface area contributed by atoms with Crippen molar-refractivity contribution < 1.29 is 4.79 Å². The van der Waals surface area contributed by atoms with Crippen LogP contribution in [0.3, 0.4) is 0 Å². The Morgan fingerprint density at radius 1 is 1.33 bits per heavy atom. The second-order valence-electron chi connectivity index (χ2n) is 5.43. The standard InChI is InChI=1S/C16H18ClN3O/c1-12(21)13-3-4-15(17)16(11-13)19-9-5-14(6-10-19)20-8-2-7-18-20/h2-4,7-8,11,14H,5-6,9-10H2,1H3. The molecule has 0 amide bonds. The first-order valence-electron chi connectivity index (χ1n) is 7.19. The second-order valence-corrected chi connectivity index (χ2v) is 5.83. The van der Waals surface area contributed by atoms with Crippen LogP contribution in [0.25, 0.3) is 0 Å². The van der Waals surface area contributed by atoms with Gasteiger partial charge in [-0.25, -0.2) is 0 Å². The summed E-state index contributed by atoms with van der Waals surface area (Å²) in [5.74, 6) is 0.0688. The lowest BCUT2D eigenvalue weighted by atomic mass is 10.0. The highest BCUT2D eigenvalue weighted by molar-refractivity contribution is 6.33. The monoisotopic (exact) mass is 303 g/mol. The Morgan fingerprint density at radius 3 is 2.71 bits per heavy atom. The smallest absolute Gasteiger partial charge is 0.159 e. The zero-order valence-corrected chi connectivity index (χ0v) is 12.8. The molecule has 1 saturated heterocycles. The number of carbonyl (C=O) groups is 1. The molecular formula is C16H18ClN3O. The van der Waals surface area contributed by atoms with E-state index in [1.165, 1.54) is 0 Å². The van der Waals surface area contributed by atoms with Crippen LogP contribution >= 0.6 is 11.6 Å². The van der Waals surface area contributed by atoms with Gasteiger partial charge < -0.3 is 4.90 Å². The highest BCUT2D eigenvalue weighted by atomic mass is 35.5. The van der Waals surface area contributed by atoms with E-state index in [4.69, 9.17) is 11.6 Å². The molecular weight excluding hydrogens is 286 g/mol. The number of halogens is 1. The number of anilines is 1. The van der Waals surface area contributed by atoms with Crippen LogP contribution in [-0.2, 0) is 0 Å². The molecule has 0 radical (unpaired) electrons. The van der Waals surface area contributed by atoms with E-state index in [9.17, 15) is 4.79 Å². The number of carbonyl (C=O) groups excluding carboxylic acids is 1. The van der Waals surface area contributed by atoms with Crippen LogP contribution in [0, 0.1) is 0 Å². The molecule has 1 fully saturated rings. The van der Waals surface area contributed by atoms with Gasteiger partial charge in [-0.1, -0.05) is 11.6 Å². The van der Waals surface area contributed by atoms with E-state index in [0.717, 1.165) is 31.6 Å². The van der Waals surface area contributed by atoms with Crippen molar-refractivity contribution in [2.75, 3.05) is 18.0 Å². The number of benzene rings is 1. The lowest BCUT2D eigenvalue weighted by Crippen LogP contribution is -2.35. The molecule has 5 heteroatoms. The molecule has 3 rings (SSSR count). The van der Waals surface area contributed by atoms with E-state index in [0.29, 0.717) is 16.6 Å². The molecule has 110 valence electrons. The number of nitrogens with zero attached hydrogens (tertiary/aromatic N) is 3. The zero-order valence-electron chi connectivity index (χ0n) is 12.0. The quantitative estimate of drug-likeness (QED) is 0.813. The van der Waals surface area contributed by atoms with Crippen LogP contribution in [0.2, 0.25) is 5.02 Å². The molecule has 1 aromatic heterocycles. The van der Waals surface area contributed by atoms with Crippen LogP contribution in [0.15, 0.2) is 36.7 Å². The van der Waals surface area contributed by atoms with Gasteiger partial charge in [0.05, 0.1) is 16.8 Å². The third-order valence-corrected chi connectivity index (χ3v) is 4.38. The Morgan fingerprint density at radius 2 is 2.10 bits per heavy atom. The minimum Gasteiger partial charge on any atom is -0.370 e. The molecule has 0 N–H and O–H groups in total. The Bertz CT molecular complexity index is 631. The Hall–Kier alpha value is -1.81. The van der Waals surface area contributed by atoms with Crippen LogP contribution in [0.5, 0.6) is 0 Å². The fourth-order valence-corrected chi connectivity index (χ4v) is 3.08. The lowest BCUT2D eigenvalue weighted by Gasteiger charge is -2.34. The fraction of sp³-hybridized carbons (Fsp3) is 0.375. The summed E-state index contributed by atoms with van der Waals surface area (Å²) in [5, 5.41) is 5.03. The van der Waals surface area contributed by atoms with Crippen molar-refractivity contribution in [3.63, 3.8) is 0 Å². The lowest BCUT2D eigenvalue weighted by molar-refractivity contribution is 0.101. The summed E-state index contributed by atoms with van der Waals surface area (Å²) in [6, 6.07) is 7.90. The Kier molecular flexibility index (Phi) is 3.97. The van der Waals surface area contributed by atoms with Gasteiger partial charge in [-0.3, -0.25) is 9.48 Å². The molecule has 2 aromatic rings. The first kappa shape index (κ1) is 14.1. The van der Waals surface area contributed by atoms with Crippen LogP contribution in [0.1, 0.15) is 36.2 Å². The zero-order chi connectivity index (χ0) is 14.8. The molecule has 1 aliphatic heterocycles. The van der Waals surface area contributed by atoms with Crippen molar-refractivity contribution in [2.45, 2.75) is 25.8 Å². The number of piperidine rings is 1. The van der Waals surface area contributed by atoms with Gasteiger partial charge >= 0.3 is 0 Å². The first-order chi connectivity index (χ1) is 10.1. The SMILES string of the molecule is CC(=O)c1ccc(Cl)c(N2CCC(n3cccn3)CC2)c1. The summed E-state index contributed by atoms with van der Waals surface area (Å²) in [4.78, 5) is 13.8. The normalized spacial score (nSPS) is 16.2. The molecule has 0 aliphatic carbocycles. The van der Waals surface area contributed by atoms with Crippen LogP contribution < -0.4 is 4.90 Å². The predicted molar refractivity (Wildman–Crippen MR) is 84.2 cm³/mol. The van der Waals surface area contributed by atoms with Crippen LogP contribution in [-0.4, -0.2) is 28.7 Å². The van der Waals surface area contributed by atoms with Gasteiger partial charge in [-0.2, -0.15) is 5.10 Å². The second kappa shape index (κ2) is 5.90. The number of hydrogen-bond acceptors (Lipinski definition) is 3. The topological polar surface area (TPSA) is 38.1 Å². The molecule has 1 aromatic carbocycles. The Balaban J connectivity index is 1.75. The van der Waals surface area contributed by atoms with Gasteiger partial charge in [0.25, 0.3) is 0 Å². The third kappa shape index (κ3) is 2.95. The maximum absolute atomic E-state index is 11.5. The van der Waals surface area contributed by atoms with E-state index < -0.39 is 0 Å². The molecule has 4 nitrogen and oxygen atoms in total. The molecule has 0 spiro atoms. The van der Waals surface area contributed by atoms with E-state index in [-0.39, 0.29) is 5.78 Å².